The van der Waals surface area contributed by atoms with Gasteiger partial charge in [0.15, 0.2) is 6.10 Å². The fourth-order valence-electron chi connectivity index (χ4n) is 8.52. The Balaban J connectivity index is 4.45. The number of hydrogen-bond donors (Lipinski definition) is 0. The third-order valence-electron chi connectivity index (χ3n) is 13.4. The Bertz CT molecular complexity index is 1940. The Labute approximate surface area is 510 Å². The van der Waals surface area contributed by atoms with Crippen LogP contribution < -0.4 is 0 Å². The number of esters is 3. The first kappa shape index (κ1) is 77.5. The van der Waals surface area contributed by atoms with Crippen molar-refractivity contribution in [3.63, 3.8) is 0 Å². The third-order valence-corrected chi connectivity index (χ3v) is 13.4. The topological polar surface area (TPSA) is 78.9 Å². The third kappa shape index (κ3) is 67.2. The van der Waals surface area contributed by atoms with E-state index < -0.39 is 6.10 Å². The van der Waals surface area contributed by atoms with Crippen LogP contribution in [0.15, 0.2) is 182 Å². The summed E-state index contributed by atoms with van der Waals surface area (Å²) in [5.74, 6) is -0.975. The van der Waals surface area contributed by atoms with Gasteiger partial charge in [-0.15, -0.1) is 0 Å². The Morgan fingerprint density at radius 1 is 0.241 bits per heavy atom. The number of carbonyl (C=O) groups is 3. The molecular formula is C77H120O6. The van der Waals surface area contributed by atoms with Gasteiger partial charge in [0.05, 0.1) is 0 Å². The average molecular weight is 1140 g/mol. The molecule has 0 fully saturated rings. The van der Waals surface area contributed by atoms with Crippen LogP contribution in [-0.4, -0.2) is 37.2 Å². The molecule has 0 amide bonds. The largest absolute Gasteiger partial charge is 0.462 e. The van der Waals surface area contributed by atoms with Crippen molar-refractivity contribution >= 4 is 17.9 Å². The maximum atomic E-state index is 12.9. The van der Waals surface area contributed by atoms with E-state index in [2.05, 4.69) is 203 Å². The van der Waals surface area contributed by atoms with E-state index in [-0.39, 0.29) is 31.1 Å². The summed E-state index contributed by atoms with van der Waals surface area (Å²) in [6.07, 6.45) is 103. The van der Waals surface area contributed by atoms with E-state index in [4.69, 9.17) is 14.2 Å². The molecule has 0 aromatic carbocycles. The summed E-state index contributed by atoms with van der Waals surface area (Å²) in [6, 6.07) is 0. The molecule has 0 aromatic rings. The van der Waals surface area contributed by atoms with Crippen molar-refractivity contribution in [1.29, 1.82) is 0 Å². The first-order valence-electron chi connectivity index (χ1n) is 33.3. The lowest BCUT2D eigenvalue weighted by molar-refractivity contribution is -0.167. The molecule has 0 aliphatic carbocycles. The van der Waals surface area contributed by atoms with Gasteiger partial charge in [0.25, 0.3) is 0 Å². The minimum absolute atomic E-state index is 0.109. The number of carbonyl (C=O) groups excluding carboxylic acids is 3. The van der Waals surface area contributed by atoms with Gasteiger partial charge in [0.1, 0.15) is 13.2 Å². The summed E-state index contributed by atoms with van der Waals surface area (Å²) in [5, 5.41) is 0. The summed E-state index contributed by atoms with van der Waals surface area (Å²) < 4.78 is 16.9. The molecule has 0 saturated heterocycles. The predicted octanol–water partition coefficient (Wildman–Crippen LogP) is 23.2. The van der Waals surface area contributed by atoms with Gasteiger partial charge in [-0.2, -0.15) is 0 Å². The van der Waals surface area contributed by atoms with Crippen molar-refractivity contribution in [3.05, 3.63) is 182 Å². The zero-order valence-corrected chi connectivity index (χ0v) is 53.1. The summed E-state index contributed by atoms with van der Waals surface area (Å²) in [7, 11) is 0. The van der Waals surface area contributed by atoms with E-state index in [0.717, 1.165) is 161 Å². The second-order valence-corrected chi connectivity index (χ2v) is 21.2. The van der Waals surface area contributed by atoms with Gasteiger partial charge >= 0.3 is 17.9 Å². The fraction of sp³-hybridized carbons (Fsp3) is 0.571. The van der Waals surface area contributed by atoms with Crippen LogP contribution in [0.4, 0.5) is 0 Å². The van der Waals surface area contributed by atoms with E-state index in [1.54, 1.807) is 0 Å². The Morgan fingerprint density at radius 2 is 0.434 bits per heavy atom. The SMILES string of the molecule is CC/C=C\C/C=C\C/C=C\C/C=C\C/C=C\C/C=C\C/C=C\CCCCCCCCCC(=O)OCC(COC(=O)CCCC/C=C\C/C=C\C/C=C\C/C=C\CC)OC(=O)CCCCCCCCCC/C=C\C/C=C\C/C=C\C/C=C\CC. The molecular weight excluding hydrogens is 1020 g/mol. The van der Waals surface area contributed by atoms with Gasteiger partial charge in [-0.3, -0.25) is 14.4 Å². The lowest BCUT2D eigenvalue weighted by Crippen LogP contribution is -2.30. The zero-order chi connectivity index (χ0) is 59.9. The Kier molecular flexibility index (Phi) is 64.4. The van der Waals surface area contributed by atoms with Crippen molar-refractivity contribution in [2.24, 2.45) is 0 Å². The minimum atomic E-state index is -0.817. The van der Waals surface area contributed by atoms with Crippen LogP contribution in [0, 0.1) is 0 Å². The van der Waals surface area contributed by atoms with Crippen LogP contribution >= 0.6 is 0 Å². The Hall–Kier alpha value is -5.49. The zero-order valence-electron chi connectivity index (χ0n) is 53.1. The molecule has 6 heteroatoms. The molecule has 0 heterocycles. The summed E-state index contributed by atoms with van der Waals surface area (Å²) in [6.45, 7) is 6.24. The van der Waals surface area contributed by atoms with Crippen molar-refractivity contribution in [2.45, 2.75) is 271 Å². The van der Waals surface area contributed by atoms with E-state index in [1.165, 1.54) is 57.8 Å². The van der Waals surface area contributed by atoms with Gasteiger partial charge < -0.3 is 14.2 Å². The van der Waals surface area contributed by atoms with Crippen LogP contribution in [-0.2, 0) is 28.6 Å². The van der Waals surface area contributed by atoms with Crippen LogP contribution in [0.5, 0.6) is 0 Å². The standard InChI is InChI=1S/C77H120O6/c1-4-7-10-13-16-19-22-25-28-30-32-34-35-36-37-38-39-40-41-43-44-46-49-52-55-58-61-64-67-70-76(79)82-73-74(72-81-75(78)69-66-63-60-57-54-51-48-27-24-21-18-15-12-9-6-3)83-77(80)71-68-65-62-59-56-53-50-47-45-42-33-31-29-26-23-20-17-14-11-8-5-2/h7-12,16-21,25-29,32-34,36-37,39-40,42-44,48,54,57,74H,4-6,13-15,22-24,30-31,35,38,41,45-47,49-53,55-56,58-73H2,1-3H3/b10-7-,11-8-,12-9-,19-16-,20-17-,21-18-,28-25-,29-26-,34-32-,37-36-,40-39-,42-33-,44-43-,48-27-,57-54-. The van der Waals surface area contributed by atoms with E-state index in [9.17, 15) is 14.4 Å². The Morgan fingerprint density at radius 3 is 0.699 bits per heavy atom. The van der Waals surface area contributed by atoms with Crippen LogP contribution in [0.1, 0.15) is 265 Å². The normalized spacial score (nSPS) is 13.3. The highest BCUT2D eigenvalue weighted by Gasteiger charge is 2.19. The summed E-state index contributed by atoms with van der Waals surface area (Å²) in [5.41, 5.74) is 0. The number of unbranched alkanes of at least 4 members (excludes halogenated alkanes) is 17. The predicted molar refractivity (Wildman–Crippen MR) is 361 cm³/mol. The van der Waals surface area contributed by atoms with Crippen molar-refractivity contribution < 1.29 is 28.6 Å². The number of allylic oxidation sites excluding steroid dienone is 30. The first-order valence-corrected chi connectivity index (χ1v) is 33.3. The molecule has 0 radical (unpaired) electrons. The molecule has 1 atom stereocenters. The van der Waals surface area contributed by atoms with Gasteiger partial charge in [0, 0.05) is 19.3 Å². The fourth-order valence-corrected chi connectivity index (χ4v) is 8.52. The highest BCUT2D eigenvalue weighted by Crippen LogP contribution is 2.14. The number of ether oxygens (including phenoxy) is 3. The molecule has 0 N–H and O–H groups in total. The highest BCUT2D eigenvalue weighted by molar-refractivity contribution is 5.71. The first-order chi connectivity index (χ1) is 41.0. The van der Waals surface area contributed by atoms with Crippen molar-refractivity contribution in [3.8, 4) is 0 Å². The molecule has 0 aromatic heterocycles. The summed E-state index contributed by atoms with van der Waals surface area (Å²) >= 11 is 0. The molecule has 464 valence electrons. The molecule has 0 rings (SSSR count). The second-order valence-electron chi connectivity index (χ2n) is 21.2. The van der Waals surface area contributed by atoms with E-state index in [1.807, 2.05) is 0 Å². The summed E-state index contributed by atoms with van der Waals surface area (Å²) in [4.78, 5) is 38.4. The monoisotopic (exact) mass is 1140 g/mol. The molecule has 0 bridgehead atoms. The second kappa shape index (κ2) is 69.0. The number of hydrogen-bond acceptors (Lipinski definition) is 6. The molecule has 0 spiro atoms. The van der Waals surface area contributed by atoms with Crippen molar-refractivity contribution in [2.75, 3.05) is 13.2 Å². The molecule has 0 aliphatic heterocycles. The quantitative estimate of drug-likeness (QED) is 0.0261. The lowest BCUT2D eigenvalue weighted by atomic mass is 10.1. The smallest absolute Gasteiger partial charge is 0.306 e. The van der Waals surface area contributed by atoms with Crippen LogP contribution in [0.3, 0.4) is 0 Å². The van der Waals surface area contributed by atoms with Crippen LogP contribution in [0.2, 0.25) is 0 Å². The van der Waals surface area contributed by atoms with Gasteiger partial charge in [-0.05, 0) is 154 Å². The molecule has 83 heavy (non-hydrogen) atoms. The van der Waals surface area contributed by atoms with E-state index in [0.29, 0.717) is 25.7 Å². The molecule has 0 saturated carbocycles. The molecule has 1 unspecified atom stereocenters. The average Bonchev–Trinajstić information content (AvgIpc) is 3.49. The van der Waals surface area contributed by atoms with Crippen LogP contribution in [0.25, 0.3) is 0 Å². The van der Waals surface area contributed by atoms with Crippen molar-refractivity contribution in [1.82, 2.24) is 0 Å². The minimum Gasteiger partial charge on any atom is -0.462 e. The maximum absolute atomic E-state index is 12.9. The maximum Gasteiger partial charge on any atom is 0.306 e. The van der Waals surface area contributed by atoms with Gasteiger partial charge in [0.2, 0.25) is 0 Å². The van der Waals surface area contributed by atoms with Gasteiger partial charge in [-0.1, -0.05) is 274 Å². The lowest BCUT2D eigenvalue weighted by Gasteiger charge is -2.18. The highest BCUT2D eigenvalue weighted by atomic mass is 16.6. The van der Waals surface area contributed by atoms with Gasteiger partial charge in [-0.25, -0.2) is 0 Å². The molecule has 0 aliphatic rings. The number of rotatable bonds is 58. The molecule has 6 nitrogen and oxygen atoms in total. The van der Waals surface area contributed by atoms with E-state index >= 15 is 0 Å².